The van der Waals surface area contributed by atoms with Crippen LogP contribution in [-0.2, 0) is 11.3 Å². The fourth-order valence-electron chi connectivity index (χ4n) is 5.02. The summed E-state index contributed by atoms with van der Waals surface area (Å²) in [6.07, 6.45) is 4.94. The van der Waals surface area contributed by atoms with Crippen molar-refractivity contribution in [1.29, 1.82) is 0 Å². The topological polar surface area (TPSA) is 76.4 Å². The van der Waals surface area contributed by atoms with Crippen LogP contribution in [-0.4, -0.2) is 46.0 Å². The summed E-state index contributed by atoms with van der Waals surface area (Å²) in [6, 6.07) is 0.568. The molecule has 0 radical (unpaired) electrons. The van der Waals surface area contributed by atoms with Crippen LogP contribution in [0.1, 0.15) is 64.1 Å². The van der Waals surface area contributed by atoms with E-state index in [4.69, 9.17) is 9.73 Å². The van der Waals surface area contributed by atoms with Crippen molar-refractivity contribution in [3.05, 3.63) is 11.6 Å². The third kappa shape index (κ3) is 3.00. The second kappa shape index (κ2) is 6.83. The van der Waals surface area contributed by atoms with Crippen molar-refractivity contribution in [3.8, 4) is 0 Å². The highest BCUT2D eigenvalue weighted by Gasteiger charge is 2.58. The summed E-state index contributed by atoms with van der Waals surface area (Å²) >= 11 is 0. The average molecular weight is 361 g/mol. The summed E-state index contributed by atoms with van der Waals surface area (Å²) in [5.74, 6) is 3.36. The maximum absolute atomic E-state index is 6.04. The van der Waals surface area contributed by atoms with Crippen molar-refractivity contribution in [2.75, 3.05) is 13.2 Å². The lowest BCUT2D eigenvalue weighted by Gasteiger charge is -2.60. The van der Waals surface area contributed by atoms with E-state index in [9.17, 15) is 0 Å². The van der Waals surface area contributed by atoms with Gasteiger partial charge in [-0.05, 0) is 39.5 Å². The van der Waals surface area contributed by atoms with Crippen LogP contribution in [0.4, 0.5) is 0 Å². The van der Waals surface area contributed by atoms with Crippen molar-refractivity contribution in [3.63, 3.8) is 0 Å². The van der Waals surface area contributed by atoms with Gasteiger partial charge in [0.25, 0.3) is 0 Å². The van der Waals surface area contributed by atoms with E-state index in [1.807, 2.05) is 11.6 Å². The number of aliphatic imine (C=N–C) groups is 1. The van der Waals surface area contributed by atoms with Crippen molar-refractivity contribution in [2.24, 2.45) is 16.3 Å². The Balaban J connectivity index is 1.48. The van der Waals surface area contributed by atoms with Crippen molar-refractivity contribution >= 4 is 5.96 Å². The molecule has 3 aliphatic rings. The Kier molecular flexibility index (Phi) is 4.67. The Bertz CT molecular complexity index is 682. The number of fused-ring (bicyclic) bond motifs is 2. The van der Waals surface area contributed by atoms with Crippen LogP contribution in [0.25, 0.3) is 0 Å². The number of guanidine groups is 1. The first kappa shape index (κ1) is 17.8. The number of aromatic nitrogens is 3. The largest absolute Gasteiger partial charge is 0.377 e. The fourth-order valence-corrected chi connectivity index (χ4v) is 5.02. The molecular formula is C19H32N6O. The first-order valence-corrected chi connectivity index (χ1v) is 10.1. The number of hydrogen-bond donors (Lipinski definition) is 2. The van der Waals surface area contributed by atoms with E-state index in [1.54, 1.807) is 0 Å². The van der Waals surface area contributed by atoms with Crippen LogP contribution in [0.15, 0.2) is 4.99 Å². The zero-order valence-electron chi connectivity index (χ0n) is 16.5. The minimum Gasteiger partial charge on any atom is -0.377 e. The molecule has 2 N–H and O–H groups in total. The Morgan fingerprint density at radius 1 is 1.31 bits per heavy atom. The Labute approximate surface area is 156 Å². The molecule has 1 aromatic rings. The van der Waals surface area contributed by atoms with Gasteiger partial charge in [0.15, 0.2) is 5.96 Å². The zero-order chi connectivity index (χ0) is 18.3. The quantitative estimate of drug-likeness (QED) is 0.638. The zero-order valence-corrected chi connectivity index (χ0v) is 16.5. The summed E-state index contributed by atoms with van der Waals surface area (Å²) in [6.45, 7) is 11.3. The highest BCUT2D eigenvalue weighted by Crippen LogP contribution is 2.51. The van der Waals surface area contributed by atoms with Gasteiger partial charge in [0, 0.05) is 37.1 Å². The van der Waals surface area contributed by atoms with Gasteiger partial charge in [0.2, 0.25) is 0 Å². The molecule has 4 unspecified atom stereocenters. The van der Waals surface area contributed by atoms with Gasteiger partial charge in [-0.3, -0.25) is 4.99 Å². The van der Waals surface area contributed by atoms with E-state index in [1.165, 1.54) is 6.42 Å². The van der Waals surface area contributed by atoms with Gasteiger partial charge < -0.3 is 15.4 Å². The molecule has 4 rings (SSSR count). The first-order chi connectivity index (χ1) is 12.5. The smallest absolute Gasteiger partial charge is 0.192 e. The molecule has 1 aromatic heterocycles. The van der Waals surface area contributed by atoms with Crippen LogP contribution in [0.2, 0.25) is 0 Å². The van der Waals surface area contributed by atoms with E-state index in [0.717, 1.165) is 56.6 Å². The van der Waals surface area contributed by atoms with Gasteiger partial charge in [-0.25, -0.2) is 9.67 Å². The third-order valence-electron chi connectivity index (χ3n) is 6.23. The second-order valence-corrected chi connectivity index (χ2v) is 8.44. The molecule has 2 fully saturated rings. The summed E-state index contributed by atoms with van der Waals surface area (Å²) in [7, 11) is 0. The van der Waals surface area contributed by atoms with Gasteiger partial charge in [-0.15, -0.1) is 0 Å². The average Bonchev–Trinajstić information content (AvgIpc) is 3.01. The number of nitrogens with one attached hydrogen (secondary N) is 2. The van der Waals surface area contributed by atoms with E-state index in [0.29, 0.717) is 18.1 Å². The van der Waals surface area contributed by atoms with Gasteiger partial charge in [0.1, 0.15) is 11.6 Å². The molecule has 0 aromatic carbocycles. The molecule has 7 nitrogen and oxygen atoms in total. The molecule has 26 heavy (non-hydrogen) atoms. The molecule has 3 heterocycles. The number of aryl methyl sites for hydroxylation is 2. The molecule has 0 amide bonds. The lowest BCUT2D eigenvalue weighted by Crippen LogP contribution is -2.71. The van der Waals surface area contributed by atoms with Crippen LogP contribution < -0.4 is 10.6 Å². The van der Waals surface area contributed by atoms with E-state index < -0.39 is 0 Å². The molecule has 1 saturated carbocycles. The highest BCUT2D eigenvalue weighted by molar-refractivity contribution is 5.80. The van der Waals surface area contributed by atoms with Crippen LogP contribution in [0.3, 0.4) is 0 Å². The lowest BCUT2D eigenvalue weighted by atomic mass is 9.55. The molecule has 2 aliphatic heterocycles. The number of rotatable bonds is 3. The monoisotopic (exact) mass is 360 g/mol. The summed E-state index contributed by atoms with van der Waals surface area (Å²) < 4.78 is 8.08. The number of nitrogens with zero attached hydrogens (tertiary/aromatic N) is 4. The Morgan fingerprint density at radius 3 is 2.96 bits per heavy atom. The second-order valence-electron chi connectivity index (χ2n) is 8.44. The molecule has 0 spiro atoms. The predicted octanol–water partition coefficient (Wildman–Crippen LogP) is 2.18. The molecule has 0 bridgehead atoms. The SMILES string of the molecule is CCN=C(NC1CCCn2nc(C)nc21)NC1C2CCCOC2C1(C)C. The van der Waals surface area contributed by atoms with Crippen LogP contribution in [0, 0.1) is 18.3 Å². The standard InChI is InChI=1S/C19H32N6O/c1-5-20-18(22-14-9-6-10-25-17(14)21-12(2)24-25)23-15-13-8-7-11-26-16(13)19(15,3)4/h13-16H,5-11H2,1-4H3,(H2,20,22,23). The van der Waals surface area contributed by atoms with Gasteiger partial charge in [0.05, 0.1) is 12.1 Å². The summed E-state index contributed by atoms with van der Waals surface area (Å²) in [5, 5.41) is 11.9. The normalized spacial score (nSPS) is 33.0. The van der Waals surface area contributed by atoms with Gasteiger partial charge in [-0.2, -0.15) is 5.10 Å². The Hall–Kier alpha value is -1.63. The molecule has 7 heteroatoms. The van der Waals surface area contributed by atoms with Crippen molar-refractivity contribution in [2.45, 2.75) is 78.1 Å². The molecule has 144 valence electrons. The molecular weight excluding hydrogens is 328 g/mol. The van der Waals surface area contributed by atoms with Gasteiger partial charge in [-0.1, -0.05) is 13.8 Å². The lowest BCUT2D eigenvalue weighted by molar-refractivity contribution is -0.188. The maximum atomic E-state index is 6.04. The van der Waals surface area contributed by atoms with E-state index in [2.05, 4.69) is 41.5 Å². The molecule has 1 aliphatic carbocycles. The highest BCUT2D eigenvalue weighted by atomic mass is 16.5. The van der Waals surface area contributed by atoms with Crippen molar-refractivity contribution in [1.82, 2.24) is 25.4 Å². The summed E-state index contributed by atoms with van der Waals surface area (Å²) in [4.78, 5) is 9.36. The fraction of sp³-hybridized carbons (Fsp3) is 0.842. The number of ether oxygens (including phenoxy) is 1. The van der Waals surface area contributed by atoms with Crippen LogP contribution in [0.5, 0.6) is 0 Å². The minimum atomic E-state index is 0.129. The maximum Gasteiger partial charge on any atom is 0.192 e. The first-order valence-electron chi connectivity index (χ1n) is 10.1. The molecule has 4 atom stereocenters. The van der Waals surface area contributed by atoms with Crippen LogP contribution >= 0.6 is 0 Å². The summed E-state index contributed by atoms with van der Waals surface area (Å²) in [5.41, 5.74) is 0.129. The van der Waals surface area contributed by atoms with Crippen molar-refractivity contribution < 1.29 is 4.74 Å². The minimum absolute atomic E-state index is 0.129. The predicted molar refractivity (Wildman–Crippen MR) is 101 cm³/mol. The number of hydrogen-bond acceptors (Lipinski definition) is 4. The third-order valence-corrected chi connectivity index (χ3v) is 6.23. The Morgan fingerprint density at radius 2 is 2.15 bits per heavy atom. The van der Waals surface area contributed by atoms with E-state index >= 15 is 0 Å². The van der Waals surface area contributed by atoms with Gasteiger partial charge >= 0.3 is 0 Å². The molecule has 1 saturated heterocycles. The van der Waals surface area contributed by atoms with E-state index in [-0.39, 0.29) is 11.5 Å².